The molecule has 3 heteroatoms. The molecule has 0 aromatic heterocycles. The van der Waals surface area contributed by atoms with Crippen LogP contribution in [0.25, 0.3) is 12.2 Å². The Morgan fingerprint density at radius 2 is 1.52 bits per heavy atom. The lowest BCUT2D eigenvalue weighted by atomic mass is 9.83. The molecule has 0 saturated carbocycles. The molecule has 0 fully saturated rings. The van der Waals surface area contributed by atoms with Crippen LogP contribution < -0.4 is 10.4 Å². The number of benzene rings is 2. The number of carbonyl (C=O) groups excluding carboxylic acids is 2. The maximum Gasteiger partial charge on any atom is 0.196 e. The van der Waals surface area contributed by atoms with Gasteiger partial charge in [-0.3, -0.25) is 9.59 Å². The molecule has 2 nitrogen and oxygen atoms in total. The minimum atomic E-state index is -0.184. The van der Waals surface area contributed by atoms with Crippen LogP contribution in [0.2, 0.25) is 5.02 Å². The Morgan fingerprint density at radius 3 is 2.10 bits per heavy atom. The molecule has 0 aliphatic heterocycles. The van der Waals surface area contributed by atoms with Gasteiger partial charge >= 0.3 is 0 Å². The SMILES string of the molecule is CC=c1cc2c(c(Cl)c1=CC)C(=O)c1ccccc1C2=O. The van der Waals surface area contributed by atoms with Gasteiger partial charge in [0.2, 0.25) is 0 Å². The van der Waals surface area contributed by atoms with E-state index in [-0.39, 0.29) is 11.6 Å². The summed E-state index contributed by atoms with van der Waals surface area (Å²) in [4.78, 5) is 25.3. The van der Waals surface area contributed by atoms with E-state index in [4.69, 9.17) is 11.6 Å². The number of ketones is 2. The summed E-state index contributed by atoms with van der Waals surface area (Å²) in [6.07, 6.45) is 3.75. The standard InChI is InChI=1S/C18H13ClO2/c1-3-10-9-14-15(16(19)11(10)4-2)18(21)13-8-6-5-7-12(13)17(14)20/h3-9H,1-2H3. The van der Waals surface area contributed by atoms with Crippen molar-refractivity contribution in [3.63, 3.8) is 0 Å². The van der Waals surface area contributed by atoms with Crippen LogP contribution in [-0.4, -0.2) is 11.6 Å². The van der Waals surface area contributed by atoms with Gasteiger partial charge in [-0.25, -0.2) is 0 Å². The third-order valence-electron chi connectivity index (χ3n) is 3.82. The smallest absolute Gasteiger partial charge is 0.196 e. The van der Waals surface area contributed by atoms with Crippen LogP contribution in [0.5, 0.6) is 0 Å². The first-order chi connectivity index (χ1) is 10.1. The van der Waals surface area contributed by atoms with Gasteiger partial charge in [0.15, 0.2) is 11.6 Å². The zero-order valence-electron chi connectivity index (χ0n) is 11.7. The first-order valence-electron chi connectivity index (χ1n) is 6.73. The van der Waals surface area contributed by atoms with E-state index < -0.39 is 0 Å². The average molecular weight is 297 g/mol. The van der Waals surface area contributed by atoms with Crippen LogP contribution in [0.3, 0.4) is 0 Å². The predicted octanol–water partition coefficient (Wildman–Crippen LogP) is 2.72. The summed E-state index contributed by atoms with van der Waals surface area (Å²) < 4.78 is 0. The van der Waals surface area contributed by atoms with Crippen LogP contribution in [0.4, 0.5) is 0 Å². The highest BCUT2D eigenvalue weighted by molar-refractivity contribution is 6.39. The summed E-state index contributed by atoms with van der Waals surface area (Å²) in [6, 6.07) is 8.62. The van der Waals surface area contributed by atoms with Crippen molar-refractivity contribution in [1.82, 2.24) is 0 Å². The van der Waals surface area contributed by atoms with Gasteiger partial charge in [0, 0.05) is 16.7 Å². The van der Waals surface area contributed by atoms with Crippen molar-refractivity contribution in [1.29, 1.82) is 0 Å². The van der Waals surface area contributed by atoms with Gasteiger partial charge in [-0.1, -0.05) is 48.0 Å². The summed E-state index contributed by atoms with van der Waals surface area (Å²) in [6.45, 7) is 3.75. The molecule has 0 unspecified atom stereocenters. The van der Waals surface area contributed by atoms with Gasteiger partial charge in [0.1, 0.15) is 0 Å². The third-order valence-corrected chi connectivity index (χ3v) is 4.22. The fourth-order valence-electron chi connectivity index (χ4n) is 2.78. The molecular weight excluding hydrogens is 284 g/mol. The Morgan fingerprint density at radius 1 is 0.905 bits per heavy atom. The molecule has 0 N–H and O–H groups in total. The van der Waals surface area contributed by atoms with Crippen LogP contribution in [-0.2, 0) is 0 Å². The normalized spacial score (nSPS) is 15.2. The van der Waals surface area contributed by atoms with Crippen molar-refractivity contribution < 1.29 is 9.59 Å². The molecule has 21 heavy (non-hydrogen) atoms. The molecule has 3 rings (SSSR count). The number of fused-ring (bicyclic) bond motifs is 2. The van der Waals surface area contributed by atoms with Crippen LogP contribution in [0.1, 0.15) is 45.7 Å². The van der Waals surface area contributed by atoms with Crippen LogP contribution in [0, 0.1) is 0 Å². The second-order valence-electron chi connectivity index (χ2n) is 4.90. The lowest BCUT2D eigenvalue weighted by Gasteiger charge is -2.18. The van der Waals surface area contributed by atoms with Gasteiger partial charge in [0.05, 0.1) is 10.6 Å². The number of hydrogen-bond donors (Lipinski definition) is 0. The van der Waals surface area contributed by atoms with Crippen molar-refractivity contribution >= 4 is 35.3 Å². The summed E-state index contributed by atoms with van der Waals surface area (Å²) >= 11 is 6.41. The highest BCUT2D eigenvalue weighted by Crippen LogP contribution is 2.29. The van der Waals surface area contributed by atoms with E-state index in [1.165, 1.54) is 0 Å². The monoisotopic (exact) mass is 296 g/mol. The van der Waals surface area contributed by atoms with Crippen molar-refractivity contribution in [2.75, 3.05) is 0 Å². The van der Waals surface area contributed by atoms with E-state index in [1.54, 1.807) is 30.3 Å². The van der Waals surface area contributed by atoms with Crippen LogP contribution in [0.15, 0.2) is 30.3 Å². The van der Waals surface area contributed by atoms with E-state index in [9.17, 15) is 9.59 Å². The molecule has 2 aromatic carbocycles. The Balaban J connectivity index is 2.48. The van der Waals surface area contributed by atoms with Crippen molar-refractivity contribution in [3.8, 4) is 0 Å². The molecule has 0 heterocycles. The fourth-order valence-corrected chi connectivity index (χ4v) is 3.18. The van der Waals surface area contributed by atoms with E-state index >= 15 is 0 Å². The number of carbonyl (C=O) groups is 2. The van der Waals surface area contributed by atoms with Crippen LogP contribution >= 0.6 is 11.6 Å². The molecule has 0 atom stereocenters. The summed E-state index contributed by atoms with van der Waals surface area (Å²) in [5, 5.41) is 2.01. The molecule has 0 bridgehead atoms. The molecule has 1 aliphatic carbocycles. The van der Waals surface area contributed by atoms with Gasteiger partial charge < -0.3 is 0 Å². The minimum Gasteiger partial charge on any atom is -0.289 e. The summed E-state index contributed by atoms with van der Waals surface area (Å²) in [5.41, 5.74) is 1.58. The molecule has 0 amide bonds. The molecule has 1 aliphatic rings. The zero-order chi connectivity index (χ0) is 15.1. The first kappa shape index (κ1) is 13.8. The average Bonchev–Trinajstić information content (AvgIpc) is 2.51. The number of rotatable bonds is 0. The van der Waals surface area contributed by atoms with E-state index in [0.29, 0.717) is 27.3 Å². The summed E-state index contributed by atoms with van der Waals surface area (Å²) in [7, 11) is 0. The Bertz CT molecular complexity index is 908. The fraction of sp³-hybridized carbons (Fsp3) is 0.111. The van der Waals surface area contributed by atoms with Gasteiger partial charge in [-0.05, 0) is 30.4 Å². The Kier molecular flexibility index (Phi) is 3.26. The topological polar surface area (TPSA) is 34.1 Å². The minimum absolute atomic E-state index is 0.146. The Hall–Kier alpha value is -2.19. The highest BCUT2D eigenvalue weighted by atomic mass is 35.5. The van der Waals surface area contributed by atoms with E-state index in [0.717, 1.165) is 10.4 Å². The molecule has 104 valence electrons. The highest BCUT2D eigenvalue weighted by Gasteiger charge is 2.31. The molecular formula is C18H13ClO2. The first-order valence-corrected chi connectivity index (χ1v) is 7.11. The van der Waals surface area contributed by atoms with Crippen molar-refractivity contribution in [2.45, 2.75) is 13.8 Å². The van der Waals surface area contributed by atoms with Gasteiger partial charge in [-0.2, -0.15) is 0 Å². The maximum atomic E-state index is 12.7. The molecule has 0 radical (unpaired) electrons. The largest absolute Gasteiger partial charge is 0.289 e. The lowest BCUT2D eigenvalue weighted by molar-refractivity contribution is 0.0979. The number of hydrogen-bond acceptors (Lipinski definition) is 2. The van der Waals surface area contributed by atoms with Crippen molar-refractivity contribution in [2.24, 2.45) is 0 Å². The number of halogens is 1. The second kappa shape index (κ2) is 4.97. The molecule has 0 saturated heterocycles. The molecule has 0 spiro atoms. The Labute approximate surface area is 127 Å². The van der Waals surface area contributed by atoms with Crippen molar-refractivity contribution in [3.05, 3.63) is 68.0 Å². The van der Waals surface area contributed by atoms with E-state index in [1.807, 2.05) is 26.0 Å². The van der Waals surface area contributed by atoms with Gasteiger partial charge in [-0.15, -0.1) is 0 Å². The third kappa shape index (κ3) is 1.87. The molecule has 2 aromatic rings. The predicted molar refractivity (Wildman–Crippen MR) is 84.3 cm³/mol. The zero-order valence-corrected chi connectivity index (χ0v) is 12.5. The van der Waals surface area contributed by atoms with E-state index in [2.05, 4.69) is 0 Å². The maximum absolute atomic E-state index is 12.7. The summed E-state index contributed by atoms with van der Waals surface area (Å²) in [5.74, 6) is -0.330. The van der Waals surface area contributed by atoms with Gasteiger partial charge in [0.25, 0.3) is 0 Å². The lowest BCUT2D eigenvalue weighted by Crippen LogP contribution is -2.33. The second-order valence-corrected chi connectivity index (χ2v) is 5.28. The quantitative estimate of drug-likeness (QED) is 0.639.